The Morgan fingerprint density at radius 3 is 2.54 bits per heavy atom. The summed E-state index contributed by atoms with van der Waals surface area (Å²) in [6.45, 7) is 1.02. The molecule has 1 atom stereocenters. The average Bonchev–Trinajstić information content (AvgIpc) is 2.58. The summed E-state index contributed by atoms with van der Waals surface area (Å²) >= 11 is 11.8. The summed E-state index contributed by atoms with van der Waals surface area (Å²) in [5, 5.41) is 0.561. The van der Waals surface area contributed by atoms with E-state index in [9.17, 15) is 8.42 Å². The predicted octanol–water partition coefficient (Wildman–Crippen LogP) is 3.63. The SMILES string of the molecule is O=S(=O)(c1ccc(Cl)c(Cl)c1)N1CCOC(Cc2ccccc2)C1. The second-order valence-electron chi connectivity index (χ2n) is 5.62. The predicted molar refractivity (Wildman–Crippen MR) is 95.1 cm³/mol. The Balaban J connectivity index is 1.77. The van der Waals surface area contributed by atoms with Gasteiger partial charge in [0.1, 0.15) is 0 Å². The van der Waals surface area contributed by atoms with Crippen LogP contribution in [-0.2, 0) is 21.2 Å². The van der Waals surface area contributed by atoms with E-state index < -0.39 is 10.0 Å². The van der Waals surface area contributed by atoms with Gasteiger partial charge in [0.15, 0.2) is 0 Å². The Morgan fingerprint density at radius 1 is 1.08 bits per heavy atom. The molecule has 0 saturated carbocycles. The first kappa shape index (κ1) is 17.7. The molecule has 1 heterocycles. The van der Waals surface area contributed by atoms with Gasteiger partial charge in [-0.25, -0.2) is 8.42 Å². The van der Waals surface area contributed by atoms with Gasteiger partial charge in [-0.3, -0.25) is 0 Å². The fourth-order valence-corrected chi connectivity index (χ4v) is 4.54. The van der Waals surface area contributed by atoms with E-state index in [4.69, 9.17) is 27.9 Å². The Bertz CT molecular complexity index is 812. The first-order chi connectivity index (χ1) is 11.5. The maximum absolute atomic E-state index is 12.8. The van der Waals surface area contributed by atoms with Gasteiger partial charge >= 0.3 is 0 Å². The number of hydrogen-bond donors (Lipinski definition) is 0. The van der Waals surface area contributed by atoms with Gasteiger partial charge in [0.2, 0.25) is 10.0 Å². The van der Waals surface area contributed by atoms with Crippen LogP contribution in [0.1, 0.15) is 5.56 Å². The Kier molecular flexibility index (Phi) is 5.47. The van der Waals surface area contributed by atoms with Crippen LogP contribution >= 0.6 is 23.2 Å². The first-order valence-electron chi connectivity index (χ1n) is 7.57. The molecule has 0 aromatic heterocycles. The minimum absolute atomic E-state index is 0.150. The zero-order valence-electron chi connectivity index (χ0n) is 12.9. The van der Waals surface area contributed by atoms with E-state index in [0.717, 1.165) is 5.56 Å². The van der Waals surface area contributed by atoms with Gasteiger partial charge in [-0.2, -0.15) is 4.31 Å². The van der Waals surface area contributed by atoms with Crippen molar-refractivity contribution >= 4 is 33.2 Å². The fourth-order valence-electron chi connectivity index (χ4n) is 2.70. The highest BCUT2D eigenvalue weighted by atomic mass is 35.5. The molecule has 2 aromatic carbocycles. The van der Waals surface area contributed by atoms with Crippen molar-refractivity contribution in [2.24, 2.45) is 0 Å². The second kappa shape index (κ2) is 7.42. The normalized spacial score (nSPS) is 19.3. The van der Waals surface area contributed by atoms with Crippen molar-refractivity contribution in [1.29, 1.82) is 0 Å². The quantitative estimate of drug-likeness (QED) is 0.806. The molecule has 0 radical (unpaired) electrons. The maximum Gasteiger partial charge on any atom is 0.243 e. The molecule has 1 aliphatic heterocycles. The molecule has 1 unspecified atom stereocenters. The number of benzene rings is 2. The van der Waals surface area contributed by atoms with Gasteiger partial charge in [0.05, 0.1) is 27.7 Å². The molecule has 1 saturated heterocycles. The summed E-state index contributed by atoms with van der Waals surface area (Å²) in [5.41, 5.74) is 1.12. The van der Waals surface area contributed by atoms with Gasteiger partial charge in [-0.1, -0.05) is 53.5 Å². The molecule has 0 aliphatic carbocycles. The topological polar surface area (TPSA) is 46.6 Å². The van der Waals surface area contributed by atoms with Crippen molar-refractivity contribution in [2.75, 3.05) is 19.7 Å². The van der Waals surface area contributed by atoms with Gasteiger partial charge in [-0.15, -0.1) is 0 Å². The van der Waals surface area contributed by atoms with Crippen molar-refractivity contribution in [3.63, 3.8) is 0 Å². The molecule has 0 bridgehead atoms. The van der Waals surface area contributed by atoms with E-state index in [2.05, 4.69) is 0 Å². The Morgan fingerprint density at radius 2 is 1.83 bits per heavy atom. The number of nitrogens with zero attached hydrogens (tertiary/aromatic N) is 1. The second-order valence-corrected chi connectivity index (χ2v) is 8.37. The Labute approximate surface area is 152 Å². The van der Waals surface area contributed by atoms with Gasteiger partial charge in [0, 0.05) is 13.1 Å². The zero-order chi connectivity index (χ0) is 17.2. The zero-order valence-corrected chi connectivity index (χ0v) is 15.2. The van der Waals surface area contributed by atoms with Crippen molar-refractivity contribution in [1.82, 2.24) is 4.31 Å². The van der Waals surface area contributed by atoms with Crippen LogP contribution in [-0.4, -0.2) is 38.5 Å². The highest BCUT2D eigenvalue weighted by Crippen LogP contribution is 2.27. The molecule has 0 amide bonds. The summed E-state index contributed by atoms with van der Waals surface area (Å²) < 4.78 is 32.8. The average molecular weight is 386 g/mol. The molecule has 4 nitrogen and oxygen atoms in total. The molecule has 7 heteroatoms. The van der Waals surface area contributed by atoms with Crippen LogP contribution in [0.25, 0.3) is 0 Å². The first-order valence-corrected chi connectivity index (χ1v) is 9.77. The van der Waals surface area contributed by atoms with E-state index in [-0.39, 0.29) is 16.0 Å². The van der Waals surface area contributed by atoms with Crippen LogP contribution < -0.4 is 0 Å². The van der Waals surface area contributed by atoms with Crippen molar-refractivity contribution in [3.05, 3.63) is 64.1 Å². The van der Waals surface area contributed by atoms with Crippen molar-refractivity contribution in [2.45, 2.75) is 17.4 Å². The molecule has 1 aliphatic rings. The van der Waals surface area contributed by atoms with Crippen LogP contribution in [0, 0.1) is 0 Å². The molecule has 0 spiro atoms. The number of morpholine rings is 1. The summed E-state index contributed by atoms with van der Waals surface area (Å²) in [6.07, 6.45) is 0.507. The third-order valence-electron chi connectivity index (χ3n) is 3.94. The molecule has 0 N–H and O–H groups in total. The lowest BCUT2D eigenvalue weighted by molar-refractivity contribution is -0.000494. The molecular weight excluding hydrogens is 369 g/mol. The number of hydrogen-bond acceptors (Lipinski definition) is 3. The van der Waals surface area contributed by atoms with E-state index in [1.807, 2.05) is 30.3 Å². The largest absolute Gasteiger partial charge is 0.375 e. The van der Waals surface area contributed by atoms with Gasteiger partial charge < -0.3 is 4.74 Å². The maximum atomic E-state index is 12.8. The molecule has 128 valence electrons. The minimum Gasteiger partial charge on any atom is -0.375 e. The molecular formula is C17H17Cl2NO3S. The third-order valence-corrected chi connectivity index (χ3v) is 6.54. The summed E-state index contributed by atoms with van der Waals surface area (Å²) in [7, 11) is -3.62. The molecule has 24 heavy (non-hydrogen) atoms. The van der Waals surface area contributed by atoms with Gasteiger partial charge in [0.25, 0.3) is 0 Å². The lowest BCUT2D eigenvalue weighted by Gasteiger charge is -2.32. The summed E-state index contributed by atoms with van der Waals surface area (Å²) in [6, 6.07) is 14.3. The highest BCUT2D eigenvalue weighted by molar-refractivity contribution is 7.89. The smallest absolute Gasteiger partial charge is 0.243 e. The third kappa shape index (κ3) is 3.92. The van der Waals surface area contributed by atoms with Gasteiger partial charge in [-0.05, 0) is 30.2 Å². The monoisotopic (exact) mass is 385 g/mol. The van der Waals surface area contributed by atoms with Crippen molar-refractivity contribution in [3.8, 4) is 0 Å². The van der Waals surface area contributed by atoms with Crippen LogP contribution in [0.2, 0.25) is 10.0 Å². The number of rotatable bonds is 4. The molecule has 1 fully saturated rings. The number of sulfonamides is 1. The van der Waals surface area contributed by atoms with E-state index in [1.54, 1.807) is 0 Å². The summed E-state index contributed by atoms with van der Waals surface area (Å²) in [4.78, 5) is 0.150. The van der Waals surface area contributed by atoms with Crippen LogP contribution in [0.15, 0.2) is 53.4 Å². The van der Waals surface area contributed by atoms with E-state index in [1.165, 1.54) is 22.5 Å². The lowest BCUT2D eigenvalue weighted by atomic mass is 10.1. The fraction of sp³-hybridized carbons (Fsp3) is 0.294. The molecule has 3 rings (SSSR count). The van der Waals surface area contributed by atoms with Crippen LogP contribution in [0.4, 0.5) is 0 Å². The van der Waals surface area contributed by atoms with Crippen molar-refractivity contribution < 1.29 is 13.2 Å². The molecule has 2 aromatic rings. The van der Waals surface area contributed by atoms with Crippen LogP contribution in [0.5, 0.6) is 0 Å². The van der Waals surface area contributed by atoms with Crippen LogP contribution in [0.3, 0.4) is 0 Å². The number of ether oxygens (including phenoxy) is 1. The standard InChI is InChI=1S/C17H17Cl2NO3S/c18-16-7-6-15(11-17(16)19)24(21,22)20-8-9-23-14(12-20)10-13-4-2-1-3-5-13/h1-7,11,14H,8-10,12H2. The number of halogens is 2. The Hall–Kier alpha value is -1.11. The highest BCUT2D eigenvalue weighted by Gasteiger charge is 2.31. The summed E-state index contributed by atoms with van der Waals surface area (Å²) in [5.74, 6) is 0. The van der Waals surface area contributed by atoms with E-state index in [0.29, 0.717) is 31.1 Å². The van der Waals surface area contributed by atoms with E-state index >= 15 is 0 Å². The minimum atomic E-state index is -3.62. The lowest BCUT2D eigenvalue weighted by Crippen LogP contribution is -2.46.